The Morgan fingerprint density at radius 1 is 0.970 bits per heavy atom. The summed E-state index contributed by atoms with van der Waals surface area (Å²) >= 11 is 1.40. The van der Waals surface area contributed by atoms with E-state index in [0.717, 1.165) is 34.8 Å². The highest BCUT2D eigenvalue weighted by molar-refractivity contribution is 7.99. The van der Waals surface area contributed by atoms with Gasteiger partial charge in [0.2, 0.25) is 5.91 Å². The second kappa shape index (κ2) is 9.92. The number of carbonyl (C=O) groups is 1. The molecule has 7 heteroatoms. The second-order valence-corrected chi connectivity index (χ2v) is 8.76. The van der Waals surface area contributed by atoms with E-state index in [1.165, 1.54) is 11.8 Å². The number of nitrogens with zero attached hydrogens (tertiary/aromatic N) is 3. The lowest BCUT2D eigenvalue weighted by molar-refractivity contribution is -0.119. The molecule has 3 aromatic carbocycles. The normalized spacial score (nSPS) is 14.8. The summed E-state index contributed by atoms with van der Waals surface area (Å²) in [4.78, 5) is 12.8. The Labute approximate surface area is 197 Å². The van der Waals surface area contributed by atoms with Gasteiger partial charge in [-0.15, -0.1) is 10.2 Å². The van der Waals surface area contributed by atoms with E-state index in [0.29, 0.717) is 18.2 Å². The van der Waals surface area contributed by atoms with Crippen LogP contribution in [0.1, 0.15) is 29.4 Å². The van der Waals surface area contributed by atoms with Gasteiger partial charge in [-0.2, -0.15) is 0 Å². The number of amides is 1. The molecule has 166 valence electrons. The first-order valence-electron chi connectivity index (χ1n) is 11.0. The first kappa shape index (κ1) is 21.3. The Hall–Kier alpha value is -3.58. The second-order valence-electron chi connectivity index (χ2n) is 7.82. The van der Waals surface area contributed by atoms with Crippen LogP contribution in [0.3, 0.4) is 0 Å². The van der Waals surface area contributed by atoms with E-state index in [-0.39, 0.29) is 17.7 Å². The SMILES string of the molecule is O=C(CSc1nnc(Cc2ccccc2)n1-c1ccccc1)NC1CCOc2ccccc21. The molecule has 1 atom stereocenters. The van der Waals surface area contributed by atoms with Crippen molar-refractivity contribution in [2.24, 2.45) is 0 Å². The number of hydrogen-bond acceptors (Lipinski definition) is 5. The maximum absolute atomic E-state index is 12.8. The van der Waals surface area contributed by atoms with Crippen LogP contribution in [0.2, 0.25) is 0 Å². The fraction of sp³-hybridized carbons (Fsp3) is 0.192. The Kier molecular flexibility index (Phi) is 6.39. The van der Waals surface area contributed by atoms with Crippen molar-refractivity contribution in [2.45, 2.75) is 24.0 Å². The molecule has 6 nitrogen and oxygen atoms in total. The predicted octanol–water partition coefficient (Wildman–Crippen LogP) is 4.59. The first-order chi connectivity index (χ1) is 16.3. The van der Waals surface area contributed by atoms with Gasteiger partial charge in [0, 0.05) is 24.1 Å². The molecule has 2 heterocycles. The smallest absolute Gasteiger partial charge is 0.230 e. The zero-order valence-electron chi connectivity index (χ0n) is 18.1. The summed E-state index contributed by atoms with van der Waals surface area (Å²) < 4.78 is 7.74. The number of thioether (sulfide) groups is 1. The van der Waals surface area contributed by atoms with E-state index in [4.69, 9.17) is 4.74 Å². The maximum Gasteiger partial charge on any atom is 0.230 e. The number of carbonyl (C=O) groups excluding carboxylic acids is 1. The van der Waals surface area contributed by atoms with Gasteiger partial charge in [-0.3, -0.25) is 9.36 Å². The molecule has 1 amide bonds. The third-order valence-electron chi connectivity index (χ3n) is 5.55. The summed E-state index contributed by atoms with van der Waals surface area (Å²) in [6.07, 6.45) is 1.42. The van der Waals surface area contributed by atoms with Crippen LogP contribution in [-0.2, 0) is 11.2 Å². The highest BCUT2D eigenvalue weighted by Gasteiger charge is 2.23. The number of para-hydroxylation sites is 2. The molecule has 1 unspecified atom stereocenters. The third-order valence-corrected chi connectivity index (χ3v) is 6.47. The van der Waals surface area contributed by atoms with Crippen molar-refractivity contribution >= 4 is 17.7 Å². The Morgan fingerprint density at radius 3 is 2.52 bits per heavy atom. The van der Waals surface area contributed by atoms with Crippen LogP contribution in [0.5, 0.6) is 5.75 Å². The van der Waals surface area contributed by atoms with Gasteiger partial charge in [0.25, 0.3) is 0 Å². The number of benzene rings is 3. The highest BCUT2D eigenvalue weighted by Crippen LogP contribution is 2.31. The monoisotopic (exact) mass is 456 g/mol. The molecule has 0 spiro atoms. The molecular weight excluding hydrogens is 432 g/mol. The number of rotatable bonds is 7. The first-order valence-corrected chi connectivity index (χ1v) is 11.9. The zero-order chi connectivity index (χ0) is 22.5. The summed E-state index contributed by atoms with van der Waals surface area (Å²) in [7, 11) is 0. The maximum atomic E-state index is 12.8. The summed E-state index contributed by atoms with van der Waals surface area (Å²) in [5.74, 6) is 1.91. The quantitative estimate of drug-likeness (QED) is 0.412. The Morgan fingerprint density at radius 2 is 1.70 bits per heavy atom. The fourth-order valence-corrected chi connectivity index (χ4v) is 4.76. The summed E-state index contributed by atoms with van der Waals surface area (Å²) in [5.41, 5.74) is 3.17. The van der Waals surface area contributed by atoms with E-state index in [2.05, 4.69) is 27.6 Å². The van der Waals surface area contributed by atoms with Crippen LogP contribution < -0.4 is 10.1 Å². The van der Waals surface area contributed by atoms with Gasteiger partial charge in [0.1, 0.15) is 11.6 Å². The van der Waals surface area contributed by atoms with Crippen LogP contribution in [0.4, 0.5) is 0 Å². The number of nitrogens with one attached hydrogen (secondary N) is 1. The number of fused-ring (bicyclic) bond motifs is 1. The minimum Gasteiger partial charge on any atom is -0.493 e. The minimum absolute atomic E-state index is 0.0334. The van der Waals surface area contributed by atoms with Crippen molar-refractivity contribution in [2.75, 3.05) is 12.4 Å². The van der Waals surface area contributed by atoms with Crippen LogP contribution in [-0.4, -0.2) is 33.0 Å². The van der Waals surface area contributed by atoms with Gasteiger partial charge in [0.05, 0.1) is 18.4 Å². The van der Waals surface area contributed by atoms with Crippen LogP contribution in [0.25, 0.3) is 5.69 Å². The molecule has 1 aliphatic rings. The molecule has 4 aromatic rings. The lowest BCUT2D eigenvalue weighted by Gasteiger charge is -2.26. The standard InChI is InChI=1S/C26H24N4O2S/c31-25(27-22-15-16-32-23-14-8-7-13-21(22)23)18-33-26-29-28-24(17-19-9-3-1-4-10-19)30(26)20-11-5-2-6-12-20/h1-14,22H,15-18H2,(H,27,31). The average molecular weight is 457 g/mol. The Balaban J connectivity index is 1.32. The number of ether oxygens (including phenoxy) is 1. The van der Waals surface area contributed by atoms with E-state index in [1.807, 2.05) is 77.4 Å². The molecule has 1 aromatic heterocycles. The molecule has 0 radical (unpaired) electrons. The van der Waals surface area contributed by atoms with Crippen molar-refractivity contribution in [3.8, 4) is 11.4 Å². The fourth-order valence-electron chi connectivity index (χ4n) is 3.98. The van der Waals surface area contributed by atoms with Gasteiger partial charge < -0.3 is 10.1 Å². The molecule has 1 N–H and O–H groups in total. The molecule has 0 saturated carbocycles. The molecule has 0 aliphatic carbocycles. The van der Waals surface area contributed by atoms with Crippen molar-refractivity contribution in [3.05, 3.63) is 102 Å². The van der Waals surface area contributed by atoms with E-state index in [9.17, 15) is 4.79 Å². The van der Waals surface area contributed by atoms with Gasteiger partial charge in [0.15, 0.2) is 5.16 Å². The minimum atomic E-state index is -0.0383. The van der Waals surface area contributed by atoms with E-state index in [1.54, 1.807) is 0 Å². The molecule has 0 fully saturated rings. The largest absolute Gasteiger partial charge is 0.493 e. The van der Waals surface area contributed by atoms with E-state index >= 15 is 0 Å². The van der Waals surface area contributed by atoms with Crippen molar-refractivity contribution in [1.29, 1.82) is 0 Å². The molecular formula is C26H24N4O2S. The third kappa shape index (κ3) is 4.93. The van der Waals surface area contributed by atoms with Crippen LogP contribution in [0, 0.1) is 0 Å². The number of aromatic nitrogens is 3. The molecule has 1 aliphatic heterocycles. The van der Waals surface area contributed by atoms with Crippen LogP contribution >= 0.6 is 11.8 Å². The van der Waals surface area contributed by atoms with E-state index < -0.39 is 0 Å². The summed E-state index contributed by atoms with van der Waals surface area (Å²) in [6, 6.07) is 28.1. The predicted molar refractivity (Wildman–Crippen MR) is 129 cm³/mol. The van der Waals surface area contributed by atoms with Crippen LogP contribution in [0.15, 0.2) is 90.1 Å². The molecule has 33 heavy (non-hydrogen) atoms. The molecule has 5 rings (SSSR count). The average Bonchev–Trinajstić information content (AvgIpc) is 3.26. The summed E-state index contributed by atoms with van der Waals surface area (Å²) in [6.45, 7) is 0.598. The van der Waals surface area contributed by atoms with Crippen molar-refractivity contribution in [3.63, 3.8) is 0 Å². The van der Waals surface area contributed by atoms with Gasteiger partial charge in [-0.25, -0.2) is 0 Å². The van der Waals surface area contributed by atoms with Gasteiger partial charge >= 0.3 is 0 Å². The lowest BCUT2D eigenvalue weighted by Crippen LogP contribution is -2.33. The van der Waals surface area contributed by atoms with Gasteiger partial charge in [-0.05, 0) is 23.8 Å². The topological polar surface area (TPSA) is 69.0 Å². The lowest BCUT2D eigenvalue weighted by atomic mass is 10.0. The zero-order valence-corrected chi connectivity index (χ0v) is 18.9. The summed E-state index contributed by atoms with van der Waals surface area (Å²) in [5, 5.41) is 12.7. The highest BCUT2D eigenvalue weighted by atomic mass is 32.2. The van der Waals surface area contributed by atoms with Crippen molar-refractivity contribution in [1.82, 2.24) is 20.1 Å². The Bertz CT molecular complexity index is 1230. The molecule has 0 bridgehead atoms. The van der Waals surface area contributed by atoms with Crippen molar-refractivity contribution < 1.29 is 9.53 Å². The van der Waals surface area contributed by atoms with Gasteiger partial charge in [-0.1, -0.05) is 78.5 Å². The number of hydrogen-bond donors (Lipinski definition) is 1. The molecule has 0 saturated heterocycles.